The first-order valence-corrected chi connectivity index (χ1v) is 11.6. The fourth-order valence-electron chi connectivity index (χ4n) is 3.97. The number of anilines is 1. The Morgan fingerprint density at radius 2 is 1.66 bits per heavy atom. The Kier molecular flexibility index (Phi) is 6.26. The van der Waals surface area contributed by atoms with Gasteiger partial charge in [0.15, 0.2) is 11.9 Å². The SMILES string of the molecule is CCCNC(=O)[C@@H]1CN(C(=O)c2nc(-c3ccccc3)n(-c3ccccc3)n2)c2ccccc2O1. The van der Waals surface area contributed by atoms with Gasteiger partial charge in [-0.25, -0.2) is 9.67 Å². The number of hydrogen-bond donors (Lipinski definition) is 1. The van der Waals surface area contributed by atoms with E-state index in [1.165, 1.54) is 4.90 Å². The van der Waals surface area contributed by atoms with E-state index in [0.717, 1.165) is 17.7 Å². The number of rotatable bonds is 6. The Labute approximate surface area is 203 Å². The lowest BCUT2D eigenvalue weighted by Crippen LogP contribution is -2.51. The van der Waals surface area contributed by atoms with E-state index in [4.69, 9.17) is 4.74 Å². The molecular formula is C27H25N5O3. The van der Waals surface area contributed by atoms with Gasteiger partial charge in [0, 0.05) is 12.1 Å². The van der Waals surface area contributed by atoms with Crippen molar-refractivity contribution in [2.24, 2.45) is 0 Å². The van der Waals surface area contributed by atoms with Gasteiger partial charge in [0.25, 0.3) is 11.8 Å². The minimum atomic E-state index is -0.829. The summed E-state index contributed by atoms with van der Waals surface area (Å²) in [7, 11) is 0. The van der Waals surface area contributed by atoms with Crippen LogP contribution in [-0.2, 0) is 4.79 Å². The number of nitrogens with zero attached hydrogens (tertiary/aromatic N) is 4. The number of nitrogens with one attached hydrogen (secondary N) is 1. The molecule has 8 heteroatoms. The minimum Gasteiger partial charge on any atom is -0.477 e. The van der Waals surface area contributed by atoms with Gasteiger partial charge in [0.2, 0.25) is 5.82 Å². The highest BCUT2D eigenvalue weighted by atomic mass is 16.5. The van der Waals surface area contributed by atoms with Crippen molar-refractivity contribution in [1.82, 2.24) is 20.1 Å². The van der Waals surface area contributed by atoms with Crippen LogP contribution in [0.25, 0.3) is 17.1 Å². The molecule has 2 amide bonds. The van der Waals surface area contributed by atoms with Gasteiger partial charge >= 0.3 is 0 Å². The van der Waals surface area contributed by atoms with Crippen molar-refractivity contribution in [1.29, 1.82) is 0 Å². The number of hydrogen-bond acceptors (Lipinski definition) is 5. The molecule has 1 aliphatic rings. The zero-order valence-corrected chi connectivity index (χ0v) is 19.3. The summed E-state index contributed by atoms with van der Waals surface area (Å²) in [6.45, 7) is 2.58. The normalized spacial score (nSPS) is 14.7. The van der Waals surface area contributed by atoms with Gasteiger partial charge in [-0.3, -0.25) is 14.5 Å². The van der Waals surface area contributed by atoms with Crippen LogP contribution in [0.15, 0.2) is 84.9 Å². The van der Waals surface area contributed by atoms with E-state index in [-0.39, 0.29) is 18.3 Å². The molecule has 3 aromatic carbocycles. The van der Waals surface area contributed by atoms with Crippen molar-refractivity contribution in [2.45, 2.75) is 19.4 Å². The highest BCUT2D eigenvalue weighted by Gasteiger charge is 2.35. The molecule has 0 saturated heterocycles. The lowest BCUT2D eigenvalue weighted by atomic mass is 10.1. The molecule has 0 unspecified atom stereocenters. The van der Waals surface area contributed by atoms with Crippen LogP contribution in [0.1, 0.15) is 24.0 Å². The maximum atomic E-state index is 13.8. The summed E-state index contributed by atoms with van der Waals surface area (Å²) in [5, 5.41) is 7.45. The molecule has 1 N–H and O–H groups in total. The van der Waals surface area contributed by atoms with Crippen LogP contribution in [0.4, 0.5) is 5.69 Å². The second-order valence-electron chi connectivity index (χ2n) is 8.15. The quantitative estimate of drug-likeness (QED) is 0.465. The standard InChI is InChI=1S/C27H25N5O3/c1-2-17-28-26(33)23-18-31(21-15-9-10-16-22(21)35-23)27(34)24-29-25(19-11-5-3-6-12-19)32(30-24)20-13-7-4-8-14-20/h3-16,23H,2,17-18H2,1H3,(H,28,33)/t23-/m0/s1. The van der Waals surface area contributed by atoms with Crippen molar-refractivity contribution >= 4 is 17.5 Å². The molecule has 0 saturated carbocycles. The average Bonchev–Trinajstić information content (AvgIpc) is 3.37. The Hall–Kier alpha value is -4.46. The summed E-state index contributed by atoms with van der Waals surface area (Å²) >= 11 is 0. The molecule has 1 atom stereocenters. The molecule has 8 nitrogen and oxygen atoms in total. The smallest absolute Gasteiger partial charge is 0.298 e. The summed E-state index contributed by atoms with van der Waals surface area (Å²) in [5.41, 5.74) is 2.20. The zero-order valence-electron chi connectivity index (χ0n) is 19.3. The van der Waals surface area contributed by atoms with Crippen molar-refractivity contribution in [3.63, 3.8) is 0 Å². The Balaban J connectivity index is 1.54. The van der Waals surface area contributed by atoms with Crippen LogP contribution in [-0.4, -0.2) is 45.8 Å². The van der Waals surface area contributed by atoms with Gasteiger partial charge in [-0.2, -0.15) is 0 Å². The van der Waals surface area contributed by atoms with Gasteiger partial charge in [-0.05, 0) is 30.7 Å². The molecule has 35 heavy (non-hydrogen) atoms. The largest absolute Gasteiger partial charge is 0.477 e. The molecule has 0 bridgehead atoms. The predicted molar refractivity (Wildman–Crippen MR) is 133 cm³/mol. The molecule has 0 fully saturated rings. The fourth-order valence-corrected chi connectivity index (χ4v) is 3.97. The molecule has 5 rings (SSSR count). The van der Waals surface area contributed by atoms with E-state index in [2.05, 4.69) is 15.4 Å². The van der Waals surface area contributed by atoms with Crippen molar-refractivity contribution in [3.05, 3.63) is 90.8 Å². The van der Waals surface area contributed by atoms with E-state index in [9.17, 15) is 9.59 Å². The third-order valence-corrected chi connectivity index (χ3v) is 5.69. The summed E-state index contributed by atoms with van der Waals surface area (Å²) in [6.07, 6.45) is -0.0222. The number of aromatic nitrogens is 3. The Bertz CT molecular complexity index is 1280. The second kappa shape index (κ2) is 9.80. The summed E-state index contributed by atoms with van der Waals surface area (Å²) < 4.78 is 7.59. The molecule has 4 aromatic rings. The van der Waals surface area contributed by atoms with Crippen LogP contribution < -0.4 is 15.0 Å². The number of amides is 2. The zero-order chi connectivity index (χ0) is 24.2. The van der Waals surface area contributed by atoms with Gasteiger partial charge in [-0.1, -0.05) is 67.6 Å². The fraction of sp³-hybridized carbons (Fsp3) is 0.185. The maximum Gasteiger partial charge on any atom is 0.298 e. The number of carbonyl (C=O) groups is 2. The monoisotopic (exact) mass is 467 g/mol. The topological polar surface area (TPSA) is 89.4 Å². The second-order valence-corrected chi connectivity index (χ2v) is 8.15. The van der Waals surface area contributed by atoms with Crippen molar-refractivity contribution in [3.8, 4) is 22.8 Å². The summed E-state index contributed by atoms with van der Waals surface area (Å²) in [5.74, 6) is 0.401. The van der Waals surface area contributed by atoms with Gasteiger partial charge in [0.05, 0.1) is 17.9 Å². The Morgan fingerprint density at radius 3 is 2.40 bits per heavy atom. The highest BCUT2D eigenvalue weighted by molar-refractivity contribution is 6.06. The van der Waals surface area contributed by atoms with Gasteiger partial charge in [0.1, 0.15) is 5.75 Å². The van der Waals surface area contributed by atoms with Gasteiger partial charge < -0.3 is 10.1 Å². The molecular weight excluding hydrogens is 442 g/mol. The van der Waals surface area contributed by atoms with Crippen LogP contribution in [0, 0.1) is 0 Å². The highest BCUT2D eigenvalue weighted by Crippen LogP contribution is 2.34. The number of fused-ring (bicyclic) bond motifs is 1. The van der Waals surface area contributed by atoms with E-state index in [1.54, 1.807) is 16.8 Å². The number of carbonyl (C=O) groups excluding carboxylic acids is 2. The van der Waals surface area contributed by atoms with Crippen LogP contribution in [0.2, 0.25) is 0 Å². The third-order valence-electron chi connectivity index (χ3n) is 5.69. The minimum absolute atomic E-state index is 0.0390. The predicted octanol–water partition coefficient (Wildman–Crippen LogP) is 3.87. The van der Waals surface area contributed by atoms with Crippen LogP contribution in [0.5, 0.6) is 5.75 Å². The molecule has 1 aliphatic heterocycles. The molecule has 176 valence electrons. The van der Waals surface area contributed by atoms with Crippen molar-refractivity contribution < 1.29 is 14.3 Å². The first-order valence-electron chi connectivity index (χ1n) is 11.6. The summed E-state index contributed by atoms with van der Waals surface area (Å²) in [6, 6.07) is 26.3. The van der Waals surface area contributed by atoms with E-state index in [1.807, 2.05) is 79.7 Å². The van der Waals surface area contributed by atoms with Crippen molar-refractivity contribution in [2.75, 3.05) is 18.0 Å². The van der Waals surface area contributed by atoms with Crippen LogP contribution >= 0.6 is 0 Å². The van der Waals surface area contributed by atoms with Gasteiger partial charge in [-0.15, -0.1) is 5.10 Å². The van der Waals surface area contributed by atoms with E-state index < -0.39 is 12.0 Å². The molecule has 1 aromatic heterocycles. The molecule has 0 aliphatic carbocycles. The van der Waals surface area contributed by atoms with E-state index in [0.29, 0.717) is 23.8 Å². The maximum absolute atomic E-state index is 13.8. The lowest BCUT2D eigenvalue weighted by molar-refractivity contribution is -0.127. The van der Waals surface area contributed by atoms with Crippen LogP contribution in [0.3, 0.4) is 0 Å². The first kappa shape index (κ1) is 22.3. The number of para-hydroxylation sites is 3. The molecule has 0 spiro atoms. The molecule has 2 heterocycles. The number of benzene rings is 3. The van der Waals surface area contributed by atoms with E-state index >= 15 is 0 Å². The average molecular weight is 468 g/mol. The third kappa shape index (κ3) is 4.50. The molecule has 0 radical (unpaired) electrons. The summed E-state index contributed by atoms with van der Waals surface area (Å²) in [4.78, 5) is 32.6. The Morgan fingerprint density at radius 1 is 0.971 bits per heavy atom. The first-order chi connectivity index (χ1) is 17.2. The lowest BCUT2D eigenvalue weighted by Gasteiger charge is -2.33. The number of ether oxygens (including phenoxy) is 1.